The molecule has 0 spiro atoms. The van der Waals surface area contributed by atoms with Gasteiger partial charge in [-0.05, 0) is 24.1 Å². The van der Waals surface area contributed by atoms with Gasteiger partial charge in [0, 0.05) is 6.61 Å². The smallest absolute Gasteiger partial charge is 0.406 e. The zero-order valence-corrected chi connectivity index (χ0v) is 10.5. The maximum atomic E-state index is 12.0. The molecule has 0 aromatic heterocycles. The van der Waals surface area contributed by atoms with Crippen molar-refractivity contribution in [3.8, 4) is 5.75 Å². The molecule has 108 valence electrons. The lowest BCUT2D eigenvalue weighted by atomic mass is 10.1. The number of hydrogen-bond donors (Lipinski definition) is 2. The lowest BCUT2D eigenvalue weighted by Gasteiger charge is -2.17. The highest BCUT2D eigenvalue weighted by molar-refractivity contribution is 5.29. The molecule has 1 atom stereocenters. The van der Waals surface area contributed by atoms with E-state index in [0.29, 0.717) is 13.2 Å². The van der Waals surface area contributed by atoms with E-state index in [4.69, 9.17) is 10.6 Å². The molecule has 0 amide bonds. The largest absolute Gasteiger partial charge is 0.573 e. The van der Waals surface area contributed by atoms with Gasteiger partial charge >= 0.3 is 6.36 Å². The van der Waals surface area contributed by atoms with Crippen LogP contribution in [0, 0.1) is 0 Å². The van der Waals surface area contributed by atoms with Crippen molar-refractivity contribution in [1.82, 2.24) is 5.43 Å². The number of ether oxygens (including phenoxy) is 2. The van der Waals surface area contributed by atoms with Gasteiger partial charge in [0.05, 0.1) is 12.6 Å². The summed E-state index contributed by atoms with van der Waals surface area (Å²) in [5, 5.41) is 0. The van der Waals surface area contributed by atoms with Gasteiger partial charge in [0.25, 0.3) is 0 Å². The maximum Gasteiger partial charge on any atom is 0.573 e. The van der Waals surface area contributed by atoms with Crippen LogP contribution in [0.3, 0.4) is 0 Å². The fourth-order valence-corrected chi connectivity index (χ4v) is 1.49. The number of hydrogen-bond acceptors (Lipinski definition) is 4. The average Bonchev–Trinajstić information content (AvgIpc) is 2.34. The molecule has 1 aromatic rings. The third-order valence-electron chi connectivity index (χ3n) is 2.35. The van der Waals surface area contributed by atoms with Crippen molar-refractivity contribution in [3.63, 3.8) is 0 Å². The van der Waals surface area contributed by atoms with Gasteiger partial charge in [0.15, 0.2) is 0 Å². The molecule has 4 nitrogen and oxygen atoms in total. The number of benzene rings is 1. The van der Waals surface area contributed by atoms with E-state index >= 15 is 0 Å². The van der Waals surface area contributed by atoms with Gasteiger partial charge in [-0.15, -0.1) is 13.2 Å². The highest BCUT2D eigenvalue weighted by Gasteiger charge is 2.31. The maximum absolute atomic E-state index is 12.0. The Kier molecular flexibility index (Phi) is 6.07. The van der Waals surface area contributed by atoms with Crippen LogP contribution in [0.2, 0.25) is 0 Å². The molecule has 1 aromatic carbocycles. The summed E-state index contributed by atoms with van der Waals surface area (Å²) >= 11 is 0. The molecule has 0 heterocycles. The summed E-state index contributed by atoms with van der Waals surface area (Å²) in [7, 11) is 0. The average molecular weight is 278 g/mol. The molecule has 1 unspecified atom stereocenters. The first-order chi connectivity index (χ1) is 8.96. The van der Waals surface area contributed by atoms with Crippen LogP contribution in [-0.2, 0) is 4.74 Å². The van der Waals surface area contributed by atoms with E-state index in [1.165, 1.54) is 24.3 Å². The third kappa shape index (κ3) is 5.91. The summed E-state index contributed by atoms with van der Waals surface area (Å²) in [4.78, 5) is 0. The summed E-state index contributed by atoms with van der Waals surface area (Å²) in [6.45, 7) is 2.94. The Morgan fingerprint density at radius 3 is 2.37 bits per heavy atom. The lowest BCUT2D eigenvalue weighted by molar-refractivity contribution is -0.274. The molecule has 1 rings (SSSR count). The summed E-state index contributed by atoms with van der Waals surface area (Å²) in [6, 6.07) is 5.24. The number of alkyl halides is 3. The Hall–Kier alpha value is -1.31. The van der Waals surface area contributed by atoms with E-state index in [9.17, 15) is 13.2 Å². The van der Waals surface area contributed by atoms with Gasteiger partial charge in [-0.1, -0.05) is 19.1 Å². The van der Waals surface area contributed by atoms with Crippen LogP contribution < -0.4 is 16.0 Å². The van der Waals surface area contributed by atoms with Crippen LogP contribution in [0.5, 0.6) is 5.75 Å². The first-order valence-corrected chi connectivity index (χ1v) is 5.86. The van der Waals surface area contributed by atoms with Crippen molar-refractivity contribution < 1.29 is 22.6 Å². The Labute approximate surface area is 109 Å². The van der Waals surface area contributed by atoms with Crippen molar-refractivity contribution in [3.05, 3.63) is 29.8 Å². The van der Waals surface area contributed by atoms with Crippen LogP contribution in [-0.4, -0.2) is 19.6 Å². The third-order valence-corrected chi connectivity index (χ3v) is 2.35. The second kappa shape index (κ2) is 7.32. The summed E-state index contributed by atoms with van der Waals surface area (Å²) in [5.41, 5.74) is 3.29. The zero-order valence-electron chi connectivity index (χ0n) is 10.5. The summed E-state index contributed by atoms with van der Waals surface area (Å²) in [6.07, 6.45) is -3.80. The molecule has 0 fully saturated rings. The molecular formula is C12H17F3N2O2. The van der Waals surface area contributed by atoms with E-state index < -0.39 is 6.36 Å². The van der Waals surface area contributed by atoms with E-state index in [2.05, 4.69) is 10.2 Å². The van der Waals surface area contributed by atoms with E-state index in [1.54, 1.807) is 0 Å². The van der Waals surface area contributed by atoms with Crippen LogP contribution >= 0.6 is 0 Å². The zero-order chi connectivity index (χ0) is 14.3. The minimum Gasteiger partial charge on any atom is -0.406 e. The molecule has 0 aliphatic rings. The number of hydrazine groups is 1. The fraction of sp³-hybridized carbons (Fsp3) is 0.500. The molecule has 0 saturated carbocycles. The number of rotatable bonds is 7. The SMILES string of the molecule is CCCOCC(NN)c1ccc(OC(F)(F)F)cc1. The molecule has 0 aliphatic carbocycles. The van der Waals surface area contributed by atoms with Crippen LogP contribution in [0.1, 0.15) is 24.9 Å². The van der Waals surface area contributed by atoms with E-state index in [1.807, 2.05) is 6.92 Å². The molecule has 3 N–H and O–H groups in total. The first-order valence-electron chi connectivity index (χ1n) is 5.86. The molecule has 0 saturated heterocycles. The molecule has 0 aliphatic heterocycles. The van der Waals surface area contributed by atoms with Crippen molar-refractivity contribution in [2.75, 3.05) is 13.2 Å². The van der Waals surface area contributed by atoms with Gasteiger partial charge in [0.2, 0.25) is 0 Å². The van der Waals surface area contributed by atoms with Crippen molar-refractivity contribution in [1.29, 1.82) is 0 Å². The van der Waals surface area contributed by atoms with Crippen molar-refractivity contribution in [2.24, 2.45) is 5.84 Å². The second-order valence-corrected chi connectivity index (χ2v) is 3.91. The summed E-state index contributed by atoms with van der Waals surface area (Å²) in [5.74, 6) is 5.12. The van der Waals surface area contributed by atoms with Crippen LogP contribution in [0.4, 0.5) is 13.2 Å². The van der Waals surface area contributed by atoms with Gasteiger partial charge < -0.3 is 9.47 Å². The van der Waals surface area contributed by atoms with Gasteiger partial charge in [-0.2, -0.15) is 0 Å². The highest BCUT2D eigenvalue weighted by atomic mass is 19.4. The molecule has 7 heteroatoms. The van der Waals surface area contributed by atoms with Crippen molar-refractivity contribution in [2.45, 2.75) is 25.7 Å². The Morgan fingerprint density at radius 2 is 1.89 bits per heavy atom. The lowest BCUT2D eigenvalue weighted by Crippen LogP contribution is -2.31. The van der Waals surface area contributed by atoms with Crippen LogP contribution in [0.15, 0.2) is 24.3 Å². The topological polar surface area (TPSA) is 56.5 Å². The van der Waals surface area contributed by atoms with Crippen LogP contribution in [0.25, 0.3) is 0 Å². The standard InChI is InChI=1S/C12H17F3N2O2/c1-2-7-18-8-11(17-16)9-3-5-10(6-4-9)19-12(13,14)15/h3-6,11,17H,2,7-8,16H2,1H3. The van der Waals surface area contributed by atoms with Gasteiger partial charge in [-0.25, -0.2) is 0 Å². The highest BCUT2D eigenvalue weighted by Crippen LogP contribution is 2.24. The molecule has 19 heavy (non-hydrogen) atoms. The minimum absolute atomic E-state index is 0.263. The van der Waals surface area contributed by atoms with E-state index in [0.717, 1.165) is 12.0 Å². The predicted octanol–water partition coefficient (Wildman–Crippen LogP) is 2.52. The Morgan fingerprint density at radius 1 is 1.26 bits per heavy atom. The summed E-state index contributed by atoms with van der Waals surface area (Å²) < 4.78 is 45.1. The quantitative estimate of drug-likeness (QED) is 0.457. The molecule has 0 bridgehead atoms. The number of nitrogens with two attached hydrogens (primary N) is 1. The van der Waals surface area contributed by atoms with E-state index in [-0.39, 0.29) is 11.8 Å². The van der Waals surface area contributed by atoms with Gasteiger partial charge in [-0.3, -0.25) is 11.3 Å². The predicted molar refractivity (Wildman–Crippen MR) is 64.3 cm³/mol. The second-order valence-electron chi connectivity index (χ2n) is 3.91. The number of nitrogens with one attached hydrogen (secondary N) is 1. The normalized spacial score (nSPS) is 13.3. The minimum atomic E-state index is -4.68. The van der Waals surface area contributed by atoms with Crippen molar-refractivity contribution >= 4 is 0 Å². The fourth-order valence-electron chi connectivity index (χ4n) is 1.49. The molecule has 0 radical (unpaired) electrons. The number of halogens is 3. The molecular weight excluding hydrogens is 261 g/mol. The first kappa shape index (κ1) is 15.7. The Balaban J connectivity index is 2.62. The Bertz CT molecular complexity index is 368. The van der Waals surface area contributed by atoms with Gasteiger partial charge in [0.1, 0.15) is 5.75 Å². The monoisotopic (exact) mass is 278 g/mol.